The van der Waals surface area contributed by atoms with Gasteiger partial charge in [-0.15, -0.1) is 0 Å². The van der Waals surface area contributed by atoms with Crippen molar-refractivity contribution in [3.63, 3.8) is 0 Å². The molecule has 19 heteroatoms. The summed E-state index contributed by atoms with van der Waals surface area (Å²) in [6.45, 7) is 2.33. The third-order valence-corrected chi connectivity index (χ3v) is 7.24. The van der Waals surface area contributed by atoms with Gasteiger partial charge in [0.25, 0.3) is 12.4 Å². The number of halogens is 4. The number of piperazine rings is 1. The molecule has 0 aliphatic carbocycles. The van der Waals surface area contributed by atoms with Gasteiger partial charge in [0, 0.05) is 63.5 Å². The Morgan fingerprint density at radius 1 is 1.19 bits per heavy atom. The first-order chi connectivity index (χ1) is 22.5. The number of nitrogens with one attached hydrogen (secondary N) is 2. The summed E-state index contributed by atoms with van der Waals surface area (Å²) in [5, 5.41) is 25.3. The molecular formula is C28H29ClF3N11O4. The van der Waals surface area contributed by atoms with Crippen molar-refractivity contribution < 1.29 is 32.7 Å². The zero-order valence-electron chi connectivity index (χ0n) is 24.6. The lowest BCUT2D eigenvalue weighted by Gasteiger charge is -2.34. The van der Waals surface area contributed by atoms with Gasteiger partial charge in [-0.25, -0.2) is 9.97 Å². The lowest BCUT2D eigenvalue weighted by molar-refractivity contribution is -0.141. The van der Waals surface area contributed by atoms with Crippen LogP contribution in [-0.4, -0.2) is 103 Å². The van der Waals surface area contributed by atoms with Crippen molar-refractivity contribution in [2.45, 2.75) is 12.7 Å². The molecule has 1 aliphatic rings. The summed E-state index contributed by atoms with van der Waals surface area (Å²) in [6.07, 6.45) is 0.532. The molecule has 4 heterocycles. The second-order valence-corrected chi connectivity index (χ2v) is 10.4. The number of nitrogens with zero attached hydrogens (tertiary/aromatic N) is 8. The number of nitriles is 1. The number of anilines is 2. The van der Waals surface area contributed by atoms with E-state index >= 15 is 0 Å². The summed E-state index contributed by atoms with van der Waals surface area (Å²) >= 11 is 6.51. The van der Waals surface area contributed by atoms with Gasteiger partial charge in [0.1, 0.15) is 6.54 Å². The van der Waals surface area contributed by atoms with Gasteiger partial charge < -0.3 is 26.4 Å². The number of carbonyl (C=O) groups excluding carboxylic acids is 2. The molecule has 0 spiro atoms. The Kier molecular flexibility index (Phi) is 11.3. The number of hydrogen-bond acceptors (Lipinski definition) is 10. The molecule has 248 valence electrons. The number of aromatic nitrogens is 5. The van der Waals surface area contributed by atoms with Crippen molar-refractivity contribution in [3.8, 4) is 17.3 Å². The molecule has 1 saturated heterocycles. The van der Waals surface area contributed by atoms with Crippen LogP contribution in [0.15, 0.2) is 43.0 Å². The molecule has 0 atom stereocenters. The van der Waals surface area contributed by atoms with E-state index in [1.165, 1.54) is 23.0 Å². The lowest BCUT2D eigenvalue weighted by Crippen LogP contribution is -2.51. The molecule has 0 radical (unpaired) electrons. The molecule has 1 aromatic carbocycles. The molecule has 4 aromatic rings. The maximum atomic E-state index is 13.7. The van der Waals surface area contributed by atoms with Crippen molar-refractivity contribution >= 4 is 47.0 Å². The van der Waals surface area contributed by atoms with E-state index in [0.29, 0.717) is 50.5 Å². The number of imidazole rings is 1. The summed E-state index contributed by atoms with van der Waals surface area (Å²) in [5.74, 6) is -0.126. The standard InChI is InChI=1S/C27H27ClF3N11O2.CH2O2/c28-20-13-17(1-2-18(20)26(44)40-11-9-39(10-12-40)16-22(43)34-5-3-32)37-24-25-36-14-21(42(25)8-6-35-24)19-15-41(7-4-33)38-23(19)27(29,30)31;2-1-3/h1-2,6,8,13-15H,3,5,7,9-12,16,32H2,(H,34,43)(H,35,37);1H,(H,2,3). The number of carbonyl (C=O) groups is 3. The molecule has 5 N–H and O–H groups in total. The number of fused-ring (bicyclic) bond motifs is 1. The minimum atomic E-state index is -4.75. The van der Waals surface area contributed by atoms with Gasteiger partial charge in [-0.05, 0) is 18.2 Å². The van der Waals surface area contributed by atoms with Gasteiger partial charge in [-0.1, -0.05) is 11.6 Å². The number of benzene rings is 1. The maximum absolute atomic E-state index is 13.7. The largest absolute Gasteiger partial charge is 0.483 e. The van der Waals surface area contributed by atoms with Crippen LogP contribution in [0.1, 0.15) is 16.1 Å². The van der Waals surface area contributed by atoms with Crippen molar-refractivity contribution in [1.29, 1.82) is 5.26 Å². The van der Waals surface area contributed by atoms with Crippen LogP contribution in [0.3, 0.4) is 0 Å². The number of carboxylic acid groups (broad SMARTS) is 1. The monoisotopic (exact) mass is 675 g/mol. The Labute approximate surface area is 270 Å². The van der Waals surface area contributed by atoms with Crippen molar-refractivity contribution in [2.24, 2.45) is 5.73 Å². The first-order valence-electron chi connectivity index (χ1n) is 14.0. The fourth-order valence-corrected chi connectivity index (χ4v) is 5.09. The van der Waals surface area contributed by atoms with Crippen molar-refractivity contribution in [2.75, 3.05) is 51.1 Å². The molecule has 0 bridgehead atoms. The van der Waals surface area contributed by atoms with Gasteiger partial charge >= 0.3 is 6.18 Å². The predicted octanol–water partition coefficient (Wildman–Crippen LogP) is 2.07. The summed E-state index contributed by atoms with van der Waals surface area (Å²) in [4.78, 5) is 45.7. The van der Waals surface area contributed by atoms with Crippen LogP contribution in [0.5, 0.6) is 0 Å². The lowest BCUT2D eigenvalue weighted by atomic mass is 10.1. The Hall–Kier alpha value is -5.25. The SMILES string of the molecule is N#CCn1cc(-c2cnc3c(Nc4ccc(C(=O)N5CCN(CC(=O)NCCN)CC5)c(Cl)c4)nccn23)c(C(F)(F)F)n1.O=CO. The van der Waals surface area contributed by atoms with Gasteiger partial charge in [-0.2, -0.15) is 23.5 Å². The molecule has 15 nitrogen and oxygen atoms in total. The Balaban J connectivity index is 0.00000160. The summed E-state index contributed by atoms with van der Waals surface area (Å²) in [5.41, 5.74) is 5.15. The smallest absolute Gasteiger partial charge is 0.435 e. The summed E-state index contributed by atoms with van der Waals surface area (Å²) in [6, 6.07) is 6.55. The molecule has 1 fully saturated rings. The highest BCUT2D eigenvalue weighted by Gasteiger charge is 2.38. The van der Waals surface area contributed by atoms with E-state index in [2.05, 4.69) is 25.7 Å². The average Bonchev–Trinajstić information content (AvgIpc) is 3.66. The third-order valence-electron chi connectivity index (χ3n) is 6.92. The van der Waals surface area contributed by atoms with Crippen LogP contribution < -0.4 is 16.4 Å². The van der Waals surface area contributed by atoms with Crippen LogP contribution in [-0.2, 0) is 22.3 Å². The fourth-order valence-electron chi connectivity index (χ4n) is 4.83. The molecule has 5 rings (SSSR count). The molecule has 3 aromatic heterocycles. The summed E-state index contributed by atoms with van der Waals surface area (Å²) < 4.78 is 43.6. The highest BCUT2D eigenvalue weighted by atomic mass is 35.5. The number of nitrogens with two attached hydrogens (primary N) is 1. The van der Waals surface area contributed by atoms with Gasteiger partial charge in [0.05, 0.1) is 40.7 Å². The zero-order valence-corrected chi connectivity index (χ0v) is 25.4. The minimum Gasteiger partial charge on any atom is -0.483 e. The first-order valence-corrected chi connectivity index (χ1v) is 14.3. The van der Waals surface area contributed by atoms with E-state index in [1.807, 2.05) is 4.90 Å². The Morgan fingerprint density at radius 2 is 1.91 bits per heavy atom. The molecule has 0 saturated carbocycles. The molecule has 1 aliphatic heterocycles. The van der Waals surface area contributed by atoms with E-state index in [4.69, 9.17) is 32.5 Å². The van der Waals surface area contributed by atoms with Crippen LogP contribution in [0.4, 0.5) is 24.7 Å². The van der Waals surface area contributed by atoms with Crippen LogP contribution in [0.2, 0.25) is 5.02 Å². The molecular weight excluding hydrogens is 647 g/mol. The topological polar surface area (TPSA) is 200 Å². The van der Waals surface area contributed by atoms with E-state index in [0.717, 1.165) is 10.9 Å². The normalized spacial score (nSPS) is 13.4. The fraction of sp³-hybridized carbons (Fsp3) is 0.321. The number of amides is 2. The van der Waals surface area contributed by atoms with Gasteiger partial charge in [0.2, 0.25) is 5.91 Å². The van der Waals surface area contributed by atoms with Crippen LogP contribution in [0, 0.1) is 11.3 Å². The number of rotatable bonds is 9. The number of hydrogen-bond donors (Lipinski definition) is 4. The van der Waals surface area contributed by atoms with Crippen LogP contribution >= 0.6 is 11.6 Å². The quantitative estimate of drug-likeness (QED) is 0.189. The van der Waals surface area contributed by atoms with Crippen molar-refractivity contribution in [1.82, 2.24) is 39.3 Å². The van der Waals surface area contributed by atoms with Gasteiger partial charge in [-0.3, -0.25) is 28.4 Å². The Bertz CT molecular complexity index is 1780. The maximum Gasteiger partial charge on any atom is 0.435 e. The van der Waals surface area contributed by atoms with Gasteiger partial charge in [0.15, 0.2) is 17.2 Å². The predicted molar refractivity (Wildman–Crippen MR) is 163 cm³/mol. The molecule has 47 heavy (non-hydrogen) atoms. The summed E-state index contributed by atoms with van der Waals surface area (Å²) in [7, 11) is 0. The van der Waals surface area contributed by atoms with E-state index in [-0.39, 0.29) is 59.1 Å². The zero-order chi connectivity index (χ0) is 34.1. The first kappa shape index (κ1) is 34.6. The second-order valence-electron chi connectivity index (χ2n) is 9.99. The van der Waals surface area contributed by atoms with Crippen molar-refractivity contribution in [3.05, 3.63) is 59.3 Å². The van der Waals surface area contributed by atoms with E-state index in [1.54, 1.807) is 29.2 Å². The second kappa shape index (κ2) is 15.4. The highest BCUT2D eigenvalue weighted by molar-refractivity contribution is 6.34. The third kappa shape index (κ3) is 8.32. The Morgan fingerprint density at radius 3 is 2.55 bits per heavy atom. The van der Waals surface area contributed by atoms with E-state index < -0.39 is 11.9 Å². The highest BCUT2D eigenvalue weighted by Crippen LogP contribution is 2.37. The minimum absolute atomic E-state index is 0.109. The molecule has 0 unspecified atom stereocenters. The average molecular weight is 676 g/mol. The number of alkyl halides is 3. The van der Waals surface area contributed by atoms with E-state index in [9.17, 15) is 22.8 Å². The molecule has 2 amide bonds. The van der Waals surface area contributed by atoms with Crippen LogP contribution in [0.25, 0.3) is 16.9 Å².